The molecule has 0 radical (unpaired) electrons. The SMILES string of the molecule is CC/C=C\C/C=C\C/C=C\C/C=C\C/C=C\C/C=C\C/C=C\CCCCCCCCCCCCCCCC(=O)OCC(COC(=O)CCCCCCCCC)OC(=O)CCCCC/C=C\C/C=C\C/C=C\C/C=C\C/C=C\CC. The van der Waals surface area contributed by atoms with Crippen molar-refractivity contribution in [3.05, 3.63) is 146 Å². The first-order valence-electron chi connectivity index (χ1n) is 32.3. The molecule has 0 aromatic rings. The van der Waals surface area contributed by atoms with E-state index < -0.39 is 6.10 Å². The molecule has 6 nitrogen and oxygen atoms in total. The molecule has 0 aromatic heterocycles. The molecule has 0 aliphatic rings. The Labute approximate surface area is 487 Å². The smallest absolute Gasteiger partial charge is 0.306 e. The van der Waals surface area contributed by atoms with Gasteiger partial charge in [-0.2, -0.15) is 0 Å². The highest BCUT2D eigenvalue weighted by molar-refractivity contribution is 5.71. The van der Waals surface area contributed by atoms with Crippen molar-refractivity contribution in [3.8, 4) is 0 Å². The molecule has 0 rings (SSSR count). The second kappa shape index (κ2) is 65.8. The number of hydrogen-bond acceptors (Lipinski definition) is 6. The summed E-state index contributed by atoms with van der Waals surface area (Å²) in [6, 6.07) is 0. The molecular weight excluding hydrogens is 973 g/mol. The average molecular weight is 1090 g/mol. The van der Waals surface area contributed by atoms with Crippen LogP contribution in [0.2, 0.25) is 0 Å². The first-order valence-corrected chi connectivity index (χ1v) is 32.3. The Kier molecular flexibility index (Phi) is 61.9. The molecule has 0 spiro atoms. The minimum absolute atomic E-state index is 0.0937. The van der Waals surface area contributed by atoms with E-state index in [1.54, 1.807) is 0 Å². The Morgan fingerprint density at radius 1 is 0.266 bits per heavy atom. The van der Waals surface area contributed by atoms with Crippen LogP contribution in [-0.4, -0.2) is 37.2 Å². The Hall–Kier alpha value is -4.71. The molecule has 0 aliphatic carbocycles. The zero-order chi connectivity index (χ0) is 57.1. The van der Waals surface area contributed by atoms with Crippen molar-refractivity contribution in [2.45, 2.75) is 284 Å². The van der Waals surface area contributed by atoms with E-state index in [2.05, 4.69) is 167 Å². The summed E-state index contributed by atoms with van der Waals surface area (Å²) >= 11 is 0. The van der Waals surface area contributed by atoms with Gasteiger partial charge in [0.15, 0.2) is 6.10 Å². The summed E-state index contributed by atoms with van der Waals surface area (Å²) < 4.78 is 16.8. The maximum atomic E-state index is 12.8. The molecule has 0 N–H and O–H groups in total. The van der Waals surface area contributed by atoms with E-state index in [1.807, 2.05) is 0 Å². The van der Waals surface area contributed by atoms with Crippen LogP contribution >= 0.6 is 0 Å². The van der Waals surface area contributed by atoms with Crippen molar-refractivity contribution in [2.24, 2.45) is 0 Å². The van der Waals surface area contributed by atoms with Gasteiger partial charge in [0.2, 0.25) is 0 Å². The van der Waals surface area contributed by atoms with Crippen LogP contribution in [0.1, 0.15) is 278 Å². The number of carbonyl (C=O) groups excluding carboxylic acids is 3. The number of hydrogen-bond donors (Lipinski definition) is 0. The topological polar surface area (TPSA) is 78.9 Å². The van der Waals surface area contributed by atoms with E-state index in [1.165, 1.54) is 96.3 Å². The molecule has 0 saturated carbocycles. The van der Waals surface area contributed by atoms with Gasteiger partial charge in [-0.3, -0.25) is 14.4 Å². The molecule has 0 saturated heterocycles. The van der Waals surface area contributed by atoms with Crippen molar-refractivity contribution in [3.63, 3.8) is 0 Å². The van der Waals surface area contributed by atoms with Gasteiger partial charge in [-0.05, 0) is 122 Å². The number of carbonyl (C=O) groups is 3. The number of allylic oxidation sites excluding steroid dienone is 24. The Balaban J connectivity index is 4.12. The Morgan fingerprint density at radius 2 is 0.494 bits per heavy atom. The van der Waals surface area contributed by atoms with Gasteiger partial charge in [-0.15, -0.1) is 0 Å². The van der Waals surface area contributed by atoms with Crippen molar-refractivity contribution >= 4 is 17.9 Å². The van der Waals surface area contributed by atoms with Crippen LogP contribution in [0.15, 0.2) is 146 Å². The monoisotopic (exact) mass is 1090 g/mol. The normalized spacial score (nSPS) is 13.1. The minimum atomic E-state index is -0.797. The van der Waals surface area contributed by atoms with Crippen molar-refractivity contribution in [2.75, 3.05) is 13.2 Å². The minimum Gasteiger partial charge on any atom is -0.462 e. The fraction of sp³-hybridized carbons (Fsp3) is 0.630. The van der Waals surface area contributed by atoms with Gasteiger partial charge in [-0.1, -0.05) is 282 Å². The molecule has 0 heterocycles. The molecular formula is C73H118O6. The van der Waals surface area contributed by atoms with Gasteiger partial charge >= 0.3 is 17.9 Å². The summed E-state index contributed by atoms with van der Waals surface area (Å²) in [4.78, 5) is 38.1. The molecule has 0 bridgehead atoms. The maximum absolute atomic E-state index is 12.8. The van der Waals surface area contributed by atoms with Crippen molar-refractivity contribution in [1.82, 2.24) is 0 Å². The lowest BCUT2D eigenvalue weighted by Gasteiger charge is -2.18. The first-order chi connectivity index (χ1) is 39.0. The molecule has 79 heavy (non-hydrogen) atoms. The van der Waals surface area contributed by atoms with Gasteiger partial charge in [0, 0.05) is 19.3 Å². The third-order valence-corrected chi connectivity index (χ3v) is 13.3. The zero-order valence-corrected chi connectivity index (χ0v) is 51.1. The van der Waals surface area contributed by atoms with E-state index in [0.717, 1.165) is 141 Å². The molecule has 6 heteroatoms. The highest BCUT2D eigenvalue weighted by atomic mass is 16.6. The van der Waals surface area contributed by atoms with Crippen LogP contribution < -0.4 is 0 Å². The number of esters is 3. The van der Waals surface area contributed by atoms with Gasteiger partial charge in [0.25, 0.3) is 0 Å². The average Bonchev–Trinajstić information content (AvgIpc) is 3.45. The summed E-state index contributed by atoms with van der Waals surface area (Å²) in [6.07, 6.45) is 94.6. The number of ether oxygens (including phenoxy) is 3. The summed E-state index contributed by atoms with van der Waals surface area (Å²) in [5, 5.41) is 0. The molecule has 0 fully saturated rings. The predicted octanol–water partition coefficient (Wildman–Crippen LogP) is 22.3. The highest BCUT2D eigenvalue weighted by Crippen LogP contribution is 2.15. The van der Waals surface area contributed by atoms with Crippen LogP contribution in [0, 0.1) is 0 Å². The molecule has 1 atom stereocenters. The maximum Gasteiger partial charge on any atom is 0.306 e. The van der Waals surface area contributed by atoms with E-state index in [4.69, 9.17) is 14.2 Å². The van der Waals surface area contributed by atoms with E-state index in [9.17, 15) is 14.4 Å². The third kappa shape index (κ3) is 64.0. The standard InChI is InChI=1S/C73H118O6/c1-4-7-10-13-16-18-20-22-24-26-28-29-30-31-32-33-34-35-36-37-38-39-40-41-42-43-45-46-48-50-52-54-57-60-63-66-72(75)78-69-70(68-77-71(74)65-62-59-56-15-12-9-6-3)79-73(76)67-64-61-58-55-53-51-49-47-44-27-25-23-21-19-17-14-11-8-5-2/h7-8,10-11,16-19,22-25,28-29,31-32,34-35,37-38,44,47,51,53,70H,4-6,9,12-15,20-21,26-27,30,33,36,39-43,45-46,48-50,52,54-69H2,1-3H3/b10-7-,11-8-,18-16-,19-17-,24-22-,25-23-,29-28-,32-31-,35-34-,38-37-,47-44-,53-51-. The fourth-order valence-electron chi connectivity index (χ4n) is 8.57. The number of rotatable bonds is 57. The molecule has 0 aromatic carbocycles. The Bertz CT molecular complexity index is 1730. The summed E-state index contributed by atoms with van der Waals surface area (Å²) in [7, 11) is 0. The van der Waals surface area contributed by atoms with E-state index >= 15 is 0 Å². The van der Waals surface area contributed by atoms with Gasteiger partial charge in [0.05, 0.1) is 0 Å². The van der Waals surface area contributed by atoms with Crippen molar-refractivity contribution in [1.29, 1.82) is 0 Å². The third-order valence-electron chi connectivity index (χ3n) is 13.3. The lowest BCUT2D eigenvalue weighted by Crippen LogP contribution is -2.30. The first kappa shape index (κ1) is 74.3. The second-order valence-corrected chi connectivity index (χ2v) is 20.9. The Morgan fingerprint density at radius 3 is 0.785 bits per heavy atom. The quantitative estimate of drug-likeness (QED) is 0.0261. The molecule has 446 valence electrons. The molecule has 1 unspecified atom stereocenters. The van der Waals surface area contributed by atoms with E-state index in [-0.39, 0.29) is 37.5 Å². The van der Waals surface area contributed by atoms with Crippen LogP contribution in [-0.2, 0) is 28.6 Å². The van der Waals surface area contributed by atoms with Crippen LogP contribution in [0.3, 0.4) is 0 Å². The van der Waals surface area contributed by atoms with Crippen LogP contribution in [0.5, 0.6) is 0 Å². The fourth-order valence-corrected chi connectivity index (χ4v) is 8.57. The summed E-state index contributed by atoms with van der Waals surface area (Å²) in [6.45, 7) is 6.34. The molecule has 0 aliphatic heterocycles. The lowest BCUT2D eigenvalue weighted by atomic mass is 10.0. The van der Waals surface area contributed by atoms with E-state index in [0.29, 0.717) is 12.8 Å². The summed E-state index contributed by atoms with van der Waals surface area (Å²) in [5.41, 5.74) is 0. The second-order valence-electron chi connectivity index (χ2n) is 20.9. The largest absolute Gasteiger partial charge is 0.462 e. The zero-order valence-electron chi connectivity index (χ0n) is 51.1. The molecule has 0 amide bonds. The summed E-state index contributed by atoms with van der Waals surface area (Å²) in [5.74, 6) is -0.935. The highest BCUT2D eigenvalue weighted by Gasteiger charge is 2.19. The van der Waals surface area contributed by atoms with Gasteiger partial charge in [-0.25, -0.2) is 0 Å². The van der Waals surface area contributed by atoms with Gasteiger partial charge < -0.3 is 14.2 Å². The van der Waals surface area contributed by atoms with Gasteiger partial charge in [0.1, 0.15) is 13.2 Å². The lowest BCUT2D eigenvalue weighted by molar-refractivity contribution is -0.167. The van der Waals surface area contributed by atoms with Crippen LogP contribution in [0.25, 0.3) is 0 Å². The van der Waals surface area contributed by atoms with Crippen LogP contribution in [0.4, 0.5) is 0 Å². The number of unbranched alkanes of at least 4 members (excludes halogenated alkanes) is 22. The predicted molar refractivity (Wildman–Crippen MR) is 343 cm³/mol. The van der Waals surface area contributed by atoms with Crippen molar-refractivity contribution < 1.29 is 28.6 Å².